The maximum absolute atomic E-state index is 14.7. The van der Waals surface area contributed by atoms with Crippen molar-refractivity contribution in [3.05, 3.63) is 95.3 Å². The van der Waals surface area contributed by atoms with Gasteiger partial charge in [-0.25, -0.2) is 8.78 Å². The number of hydrogen-bond acceptors (Lipinski definition) is 5. The van der Waals surface area contributed by atoms with Gasteiger partial charge in [0.25, 0.3) is 11.7 Å². The van der Waals surface area contributed by atoms with E-state index in [-0.39, 0.29) is 11.3 Å². The maximum atomic E-state index is 14.7. The zero-order valence-corrected chi connectivity index (χ0v) is 19.1. The second-order valence-electron chi connectivity index (χ2n) is 8.13. The van der Waals surface area contributed by atoms with Gasteiger partial charge in [-0.05, 0) is 60.5 Å². The molecule has 1 amide bonds. The molecule has 0 bridgehead atoms. The average Bonchev–Trinajstić information content (AvgIpc) is 3.13. The standard InChI is InChI=1S/C27H24F2N2O4/c1-2-3-4-15-35-20-8-5-18(6-9-20)25(32)23-24(17-11-13-30-14-12-17)31(27(34)26(23)33)22-10-7-19(28)16-21(22)29/h5-14,16,24,32H,2-4,15H2,1H3/b25-23+. The van der Waals surface area contributed by atoms with Gasteiger partial charge in [0.1, 0.15) is 23.1 Å². The van der Waals surface area contributed by atoms with Crippen molar-refractivity contribution in [1.29, 1.82) is 0 Å². The minimum Gasteiger partial charge on any atom is -0.507 e. The van der Waals surface area contributed by atoms with Crippen LogP contribution in [-0.4, -0.2) is 28.4 Å². The molecule has 1 atom stereocenters. The number of pyridine rings is 1. The number of ketones is 1. The second kappa shape index (κ2) is 10.5. The molecule has 8 heteroatoms. The summed E-state index contributed by atoms with van der Waals surface area (Å²) >= 11 is 0. The Bertz CT molecular complexity index is 1260. The van der Waals surface area contributed by atoms with Crippen LogP contribution in [0.2, 0.25) is 0 Å². The largest absolute Gasteiger partial charge is 0.507 e. The summed E-state index contributed by atoms with van der Waals surface area (Å²) < 4.78 is 33.9. The van der Waals surface area contributed by atoms with Gasteiger partial charge in [0.05, 0.1) is 23.9 Å². The number of rotatable bonds is 8. The predicted molar refractivity (Wildman–Crippen MR) is 127 cm³/mol. The van der Waals surface area contributed by atoms with Crippen LogP contribution in [0.5, 0.6) is 5.75 Å². The molecular weight excluding hydrogens is 454 g/mol. The van der Waals surface area contributed by atoms with E-state index in [0.29, 0.717) is 29.5 Å². The first-order valence-corrected chi connectivity index (χ1v) is 11.3. The van der Waals surface area contributed by atoms with Crippen molar-refractivity contribution in [2.24, 2.45) is 0 Å². The van der Waals surface area contributed by atoms with Gasteiger partial charge < -0.3 is 9.84 Å². The number of anilines is 1. The smallest absolute Gasteiger partial charge is 0.300 e. The van der Waals surface area contributed by atoms with Crippen LogP contribution in [0.25, 0.3) is 5.76 Å². The Balaban J connectivity index is 1.76. The highest BCUT2D eigenvalue weighted by Crippen LogP contribution is 2.42. The third kappa shape index (κ3) is 4.91. The fourth-order valence-corrected chi connectivity index (χ4v) is 4.03. The van der Waals surface area contributed by atoms with Crippen LogP contribution in [0, 0.1) is 11.6 Å². The van der Waals surface area contributed by atoms with Gasteiger partial charge in [-0.15, -0.1) is 0 Å². The summed E-state index contributed by atoms with van der Waals surface area (Å²) in [6.45, 7) is 2.67. The van der Waals surface area contributed by atoms with E-state index < -0.39 is 35.1 Å². The number of halogens is 2. The molecule has 2 heterocycles. The number of aromatic nitrogens is 1. The number of benzene rings is 2. The SMILES string of the molecule is CCCCCOc1ccc(/C(O)=C2\C(=O)C(=O)N(c3ccc(F)cc3F)C2c2ccncc2)cc1. The topological polar surface area (TPSA) is 79.7 Å². The molecule has 0 saturated carbocycles. The number of carbonyl (C=O) groups is 2. The Kier molecular flexibility index (Phi) is 7.19. The monoisotopic (exact) mass is 478 g/mol. The summed E-state index contributed by atoms with van der Waals surface area (Å²) in [4.78, 5) is 31.0. The summed E-state index contributed by atoms with van der Waals surface area (Å²) in [5, 5.41) is 11.1. The Morgan fingerprint density at radius 1 is 1.03 bits per heavy atom. The van der Waals surface area contributed by atoms with Gasteiger partial charge in [-0.2, -0.15) is 0 Å². The van der Waals surface area contributed by atoms with Crippen molar-refractivity contribution >= 4 is 23.1 Å². The third-order valence-electron chi connectivity index (χ3n) is 5.78. The fourth-order valence-electron chi connectivity index (χ4n) is 4.03. The van der Waals surface area contributed by atoms with Gasteiger partial charge in [0.2, 0.25) is 0 Å². The second-order valence-corrected chi connectivity index (χ2v) is 8.13. The van der Waals surface area contributed by atoms with Crippen LogP contribution in [0.4, 0.5) is 14.5 Å². The molecule has 1 saturated heterocycles. The Morgan fingerprint density at radius 3 is 2.40 bits per heavy atom. The van der Waals surface area contributed by atoms with Gasteiger partial charge >= 0.3 is 0 Å². The summed E-state index contributed by atoms with van der Waals surface area (Å²) in [6.07, 6.45) is 5.98. The van der Waals surface area contributed by atoms with Crippen molar-refractivity contribution < 1.29 is 28.2 Å². The molecule has 0 spiro atoms. The van der Waals surface area contributed by atoms with Crippen molar-refractivity contribution in [2.45, 2.75) is 32.2 Å². The van der Waals surface area contributed by atoms with Gasteiger partial charge in [0.15, 0.2) is 0 Å². The molecule has 6 nitrogen and oxygen atoms in total. The zero-order chi connectivity index (χ0) is 24.9. The van der Waals surface area contributed by atoms with E-state index in [1.165, 1.54) is 12.4 Å². The summed E-state index contributed by atoms with van der Waals surface area (Å²) in [5.41, 5.74) is 0.245. The van der Waals surface area contributed by atoms with E-state index in [2.05, 4.69) is 11.9 Å². The van der Waals surface area contributed by atoms with E-state index in [1.54, 1.807) is 36.4 Å². The minimum atomic E-state index is -1.14. The molecule has 3 aromatic rings. The number of hydrogen-bond donors (Lipinski definition) is 1. The van der Waals surface area contributed by atoms with E-state index >= 15 is 0 Å². The van der Waals surface area contributed by atoms with E-state index in [0.717, 1.165) is 36.3 Å². The number of aliphatic hydroxyl groups is 1. The molecule has 35 heavy (non-hydrogen) atoms. The first-order valence-electron chi connectivity index (χ1n) is 11.3. The van der Waals surface area contributed by atoms with Crippen molar-refractivity contribution in [2.75, 3.05) is 11.5 Å². The predicted octanol–water partition coefficient (Wildman–Crippen LogP) is 5.56. The first-order chi connectivity index (χ1) is 16.9. The van der Waals surface area contributed by atoms with Gasteiger partial charge in [-0.3, -0.25) is 19.5 Å². The van der Waals surface area contributed by atoms with E-state index in [1.807, 2.05) is 0 Å². The lowest BCUT2D eigenvalue weighted by atomic mass is 9.95. The molecule has 1 aliphatic heterocycles. The highest BCUT2D eigenvalue weighted by atomic mass is 19.1. The van der Waals surface area contributed by atoms with E-state index in [4.69, 9.17) is 4.74 Å². The van der Waals surface area contributed by atoms with Crippen molar-refractivity contribution in [3.63, 3.8) is 0 Å². The molecule has 2 aromatic carbocycles. The lowest BCUT2D eigenvalue weighted by Crippen LogP contribution is -2.30. The molecule has 4 rings (SSSR count). The number of unbranched alkanes of at least 4 members (excludes halogenated alkanes) is 2. The number of nitrogens with zero attached hydrogens (tertiary/aromatic N) is 2. The Labute approximate surface area is 201 Å². The van der Waals surface area contributed by atoms with Gasteiger partial charge in [-0.1, -0.05) is 19.8 Å². The lowest BCUT2D eigenvalue weighted by Gasteiger charge is -2.25. The molecule has 1 aliphatic rings. The number of ether oxygens (including phenoxy) is 1. The molecule has 1 fully saturated rings. The molecule has 0 radical (unpaired) electrons. The minimum absolute atomic E-state index is 0.207. The Morgan fingerprint density at radius 2 is 1.74 bits per heavy atom. The number of carbonyl (C=O) groups excluding carboxylic acids is 2. The number of Topliss-reactive ketones (excluding diaryl/α,β-unsaturated/α-hetero) is 1. The molecular formula is C27H24F2N2O4. The van der Waals surface area contributed by atoms with Crippen LogP contribution in [0.15, 0.2) is 72.6 Å². The molecule has 1 unspecified atom stereocenters. The molecule has 1 N–H and O–H groups in total. The van der Waals surface area contributed by atoms with Crippen LogP contribution in [0.1, 0.15) is 43.4 Å². The quantitative estimate of drug-likeness (QED) is 0.199. The van der Waals surface area contributed by atoms with Crippen LogP contribution >= 0.6 is 0 Å². The number of amides is 1. The first kappa shape index (κ1) is 24.1. The highest BCUT2D eigenvalue weighted by molar-refractivity contribution is 6.51. The molecule has 0 aliphatic carbocycles. The average molecular weight is 478 g/mol. The molecule has 180 valence electrons. The third-order valence-corrected chi connectivity index (χ3v) is 5.78. The normalized spacial score (nSPS) is 17.1. The lowest BCUT2D eigenvalue weighted by molar-refractivity contribution is -0.132. The van der Waals surface area contributed by atoms with E-state index in [9.17, 15) is 23.5 Å². The molecule has 1 aromatic heterocycles. The highest BCUT2D eigenvalue weighted by Gasteiger charge is 2.47. The number of aliphatic hydroxyl groups excluding tert-OH is 1. The summed E-state index contributed by atoms with van der Waals surface area (Å²) in [7, 11) is 0. The Hall–Kier alpha value is -4.07. The zero-order valence-electron chi connectivity index (χ0n) is 19.1. The maximum Gasteiger partial charge on any atom is 0.300 e. The summed E-state index contributed by atoms with van der Waals surface area (Å²) in [5.74, 6) is -3.64. The van der Waals surface area contributed by atoms with Crippen LogP contribution < -0.4 is 9.64 Å². The van der Waals surface area contributed by atoms with Crippen LogP contribution in [0.3, 0.4) is 0 Å². The van der Waals surface area contributed by atoms with Crippen LogP contribution in [-0.2, 0) is 9.59 Å². The fraction of sp³-hybridized carbons (Fsp3) is 0.222. The summed E-state index contributed by atoms with van der Waals surface area (Å²) in [6, 6.07) is 11.2. The van der Waals surface area contributed by atoms with Crippen molar-refractivity contribution in [3.8, 4) is 5.75 Å². The van der Waals surface area contributed by atoms with Crippen molar-refractivity contribution in [1.82, 2.24) is 4.98 Å². The van der Waals surface area contributed by atoms with Gasteiger partial charge in [0, 0.05) is 24.0 Å².